The fourth-order valence-corrected chi connectivity index (χ4v) is 2.87. The van der Waals surface area contributed by atoms with Gasteiger partial charge in [-0.05, 0) is 42.2 Å². The van der Waals surface area contributed by atoms with Crippen LogP contribution in [-0.4, -0.2) is 22.8 Å². The highest BCUT2D eigenvalue weighted by Gasteiger charge is 2.13. The van der Waals surface area contributed by atoms with Gasteiger partial charge in [-0.2, -0.15) is 5.26 Å². The van der Waals surface area contributed by atoms with Crippen molar-refractivity contribution in [3.63, 3.8) is 0 Å². The summed E-state index contributed by atoms with van der Waals surface area (Å²) in [5.41, 5.74) is 0.753. The Morgan fingerprint density at radius 1 is 1.25 bits per heavy atom. The molecule has 0 unspecified atom stereocenters. The number of benzene rings is 2. The average Bonchev–Trinajstić information content (AvgIpc) is 2.60. The van der Waals surface area contributed by atoms with Crippen LogP contribution < -0.4 is 10.3 Å². The van der Waals surface area contributed by atoms with Crippen molar-refractivity contribution in [2.24, 2.45) is 0 Å². The molecule has 0 aliphatic heterocycles. The summed E-state index contributed by atoms with van der Waals surface area (Å²) in [5.74, 6) is 0.814. The van der Waals surface area contributed by atoms with Gasteiger partial charge in [0.05, 0.1) is 12.3 Å². The molecular weight excluding hydrogens is 322 g/mol. The Morgan fingerprint density at radius 3 is 2.71 bits per heavy atom. The molecule has 0 atom stereocenters. The lowest BCUT2D eigenvalue weighted by Gasteiger charge is -2.08. The molecule has 1 N–H and O–H groups in total. The third kappa shape index (κ3) is 2.99. The fraction of sp³-hybridized carbons (Fsp3) is 0.167. The van der Waals surface area contributed by atoms with Gasteiger partial charge in [0.25, 0.3) is 5.56 Å². The first kappa shape index (κ1) is 16.1. The maximum absolute atomic E-state index is 12.1. The van der Waals surface area contributed by atoms with Gasteiger partial charge in [-0.3, -0.25) is 4.79 Å². The molecule has 0 radical (unpaired) electrons. The molecule has 5 nitrogen and oxygen atoms in total. The molecule has 24 heavy (non-hydrogen) atoms. The molecule has 3 rings (SSSR count). The summed E-state index contributed by atoms with van der Waals surface area (Å²) in [6.45, 7) is 2.56. The molecule has 0 saturated heterocycles. The zero-order valence-electron chi connectivity index (χ0n) is 13.3. The maximum Gasteiger partial charge on any atom is 0.270 e. The second-order valence-corrected chi connectivity index (χ2v) is 5.86. The van der Waals surface area contributed by atoms with Gasteiger partial charge in [0.1, 0.15) is 17.4 Å². The van der Waals surface area contributed by atoms with E-state index in [-0.39, 0.29) is 5.56 Å². The monoisotopic (exact) mass is 337 g/mol. The van der Waals surface area contributed by atoms with Crippen molar-refractivity contribution in [3.8, 4) is 23.1 Å². The number of ether oxygens (including phenoxy) is 1. The Bertz CT molecular complexity index is 1010. The summed E-state index contributed by atoms with van der Waals surface area (Å²) in [5, 5.41) is 11.8. The standard InChI is InChI=1S/C18H15N3O2S/c1-3-23-14-7-6-11-8-13(5-4-12(11)9-14)16-15(10-19)17(22)21-18(20-16)24-2/h4-9H,3H2,1-2H3,(H,20,21,22). The Morgan fingerprint density at radius 2 is 2.00 bits per heavy atom. The highest BCUT2D eigenvalue weighted by atomic mass is 32.2. The lowest BCUT2D eigenvalue weighted by atomic mass is 10.0. The number of nitrogens with zero attached hydrogens (tertiary/aromatic N) is 2. The predicted octanol–water partition coefficient (Wildman–Crippen LogP) is 3.58. The number of fused-ring (bicyclic) bond motifs is 1. The van der Waals surface area contributed by atoms with E-state index in [2.05, 4.69) is 9.97 Å². The molecule has 0 aliphatic carbocycles. The number of H-pyrrole nitrogens is 1. The first-order chi connectivity index (χ1) is 11.7. The number of rotatable bonds is 4. The number of nitriles is 1. The zero-order valence-corrected chi connectivity index (χ0v) is 14.1. The Kier molecular flexibility index (Phi) is 4.54. The van der Waals surface area contributed by atoms with Crippen LogP contribution in [0, 0.1) is 11.3 Å². The predicted molar refractivity (Wildman–Crippen MR) is 95.5 cm³/mol. The van der Waals surface area contributed by atoms with E-state index in [1.807, 2.05) is 55.6 Å². The third-order valence-electron chi connectivity index (χ3n) is 3.60. The van der Waals surface area contributed by atoms with Crippen LogP contribution in [0.3, 0.4) is 0 Å². The molecule has 0 spiro atoms. The van der Waals surface area contributed by atoms with Gasteiger partial charge in [-0.1, -0.05) is 30.0 Å². The van der Waals surface area contributed by atoms with Crippen molar-refractivity contribution in [2.75, 3.05) is 12.9 Å². The van der Waals surface area contributed by atoms with Gasteiger partial charge >= 0.3 is 0 Å². The van der Waals surface area contributed by atoms with E-state index in [0.717, 1.165) is 22.1 Å². The van der Waals surface area contributed by atoms with Crippen molar-refractivity contribution in [3.05, 3.63) is 52.3 Å². The molecule has 6 heteroatoms. The first-order valence-corrected chi connectivity index (χ1v) is 8.64. The molecule has 1 aromatic heterocycles. The molecule has 0 aliphatic rings. The molecule has 0 saturated carbocycles. The summed E-state index contributed by atoms with van der Waals surface area (Å²) in [7, 11) is 0. The van der Waals surface area contributed by atoms with E-state index in [0.29, 0.717) is 17.5 Å². The molecule has 1 heterocycles. The van der Waals surface area contributed by atoms with Crippen LogP contribution in [0.4, 0.5) is 0 Å². The number of hydrogen-bond donors (Lipinski definition) is 1. The Hall–Kier alpha value is -2.78. The molecule has 0 bridgehead atoms. The van der Waals surface area contributed by atoms with E-state index in [4.69, 9.17) is 4.74 Å². The van der Waals surface area contributed by atoms with Gasteiger partial charge in [-0.25, -0.2) is 4.98 Å². The number of aromatic amines is 1. The number of hydrogen-bond acceptors (Lipinski definition) is 5. The fourth-order valence-electron chi connectivity index (χ4n) is 2.49. The Labute approximate surface area is 143 Å². The maximum atomic E-state index is 12.1. The van der Waals surface area contributed by atoms with Crippen molar-refractivity contribution in [1.29, 1.82) is 5.26 Å². The summed E-state index contributed by atoms with van der Waals surface area (Å²) in [4.78, 5) is 19.1. The topological polar surface area (TPSA) is 78.8 Å². The van der Waals surface area contributed by atoms with Crippen LogP contribution in [0.5, 0.6) is 5.75 Å². The summed E-state index contributed by atoms with van der Waals surface area (Å²) in [6.07, 6.45) is 1.82. The van der Waals surface area contributed by atoms with Gasteiger partial charge in [-0.15, -0.1) is 0 Å². The number of nitrogens with one attached hydrogen (secondary N) is 1. The highest BCUT2D eigenvalue weighted by Crippen LogP contribution is 2.27. The second kappa shape index (κ2) is 6.77. The second-order valence-electron chi connectivity index (χ2n) is 5.07. The SMILES string of the molecule is CCOc1ccc2cc(-c3nc(SC)[nH]c(=O)c3C#N)ccc2c1. The van der Waals surface area contributed by atoms with Gasteiger partial charge < -0.3 is 9.72 Å². The van der Waals surface area contributed by atoms with Gasteiger partial charge in [0, 0.05) is 5.56 Å². The van der Waals surface area contributed by atoms with E-state index in [1.54, 1.807) is 0 Å². The van der Waals surface area contributed by atoms with Crippen LogP contribution in [0.15, 0.2) is 46.3 Å². The van der Waals surface area contributed by atoms with Crippen molar-refractivity contribution >= 4 is 22.5 Å². The lowest BCUT2D eigenvalue weighted by Crippen LogP contribution is -2.14. The van der Waals surface area contributed by atoms with Crippen LogP contribution in [0.2, 0.25) is 0 Å². The van der Waals surface area contributed by atoms with E-state index in [1.165, 1.54) is 11.8 Å². The molecule has 3 aromatic rings. The lowest BCUT2D eigenvalue weighted by molar-refractivity contribution is 0.341. The largest absolute Gasteiger partial charge is 0.494 e. The number of thioether (sulfide) groups is 1. The molecular formula is C18H15N3O2S. The summed E-state index contributed by atoms with van der Waals surface area (Å²) in [6, 6.07) is 13.5. The minimum Gasteiger partial charge on any atom is -0.494 e. The van der Waals surface area contributed by atoms with Crippen molar-refractivity contribution < 1.29 is 4.74 Å². The molecule has 0 fully saturated rings. The third-order valence-corrected chi connectivity index (χ3v) is 4.18. The van der Waals surface area contributed by atoms with Crippen molar-refractivity contribution in [2.45, 2.75) is 12.1 Å². The molecule has 120 valence electrons. The Balaban J connectivity index is 2.16. The van der Waals surface area contributed by atoms with E-state index in [9.17, 15) is 10.1 Å². The van der Waals surface area contributed by atoms with Crippen LogP contribution in [0.1, 0.15) is 12.5 Å². The van der Waals surface area contributed by atoms with Crippen LogP contribution in [0.25, 0.3) is 22.0 Å². The number of aromatic nitrogens is 2. The van der Waals surface area contributed by atoms with Gasteiger partial charge in [0.2, 0.25) is 0 Å². The summed E-state index contributed by atoms with van der Waals surface area (Å²) >= 11 is 1.33. The first-order valence-electron chi connectivity index (χ1n) is 7.41. The minimum atomic E-state index is -0.418. The highest BCUT2D eigenvalue weighted by molar-refractivity contribution is 7.98. The minimum absolute atomic E-state index is 0.0260. The summed E-state index contributed by atoms with van der Waals surface area (Å²) < 4.78 is 5.51. The zero-order chi connectivity index (χ0) is 17.1. The van der Waals surface area contributed by atoms with Crippen molar-refractivity contribution in [1.82, 2.24) is 9.97 Å². The van der Waals surface area contributed by atoms with E-state index < -0.39 is 5.56 Å². The smallest absolute Gasteiger partial charge is 0.270 e. The van der Waals surface area contributed by atoms with Gasteiger partial charge in [0.15, 0.2) is 5.16 Å². The van der Waals surface area contributed by atoms with E-state index >= 15 is 0 Å². The average molecular weight is 337 g/mol. The molecule has 0 amide bonds. The quantitative estimate of drug-likeness (QED) is 0.581. The van der Waals surface area contributed by atoms with Crippen LogP contribution in [-0.2, 0) is 0 Å². The van der Waals surface area contributed by atoms with Crippen LogP contribution >= 0.6 is 11.8 Å². The normalized spacial score (nSPS) is 10.5. The molecule has 2 aromatic carbocycles.